The van der Waals surface area contributed by atoms with Crippen LogP contribution in [-0.4, -0.2) is 17.0 Å². The summed E-state index contributed by atoms with van der Waals surface area (Å²) in [5.41, 5.74) is 0.805. The van der Waals surface area contributed by atoms with Gasteiger partial charge in [0.25, 0.3) is 5.69 Å². The van der Waals surface area contributed by atoms with Crippen LogP contribution in [0.4, 0.5) is 11.4 Å². The summed E-state index contributed by atoms with van der Waals surface area (Å²) < 4.78 is 0. The van der Waals surface area contributed by atoms with Crippen molar-refractivity contribution in [3.63, 3.8) is 0 Å². The van der Waals surface area contributed by atoms with Gasteiger partial charge in [-0.1, -0.05) is 11.8 Å². The number of nitrogens with one attached hydrogen (secondary N) is 1. The number of nitro benzene ring substituents is 1. The quantitative estimate of drug-likeness (QED) is 0.676. The maximum atomic E-state index is 10.8. The molecule has 2 aromatic rings. The number of benzene rings is 1. The van der Waals surface area contributed by atoms with Crippen molar-refractivity contribution in [3.05, 3.63) is 52.8 Å². The molecule has 18 heavy (non-hydrogen) atoms. The number of nitro groups is 1. The van der Waals surface area contributed by atoms with Crippen LogP contribution in [0.15, 0.2) is 52.5 Å². The van der Waals surface area contributed by atoms with Crippen LogP contribution in [0, 0.1) is 10.1 Å². The lowest BCUT2D eigenvalue weighted by Gasteiger charge is -2.05. The number of non-ortho nitro benzene ring substituents is 1. The van der Waals surface area contributed by atoms with E-state index in [4.69, 9.17) is 0 Å². The van der Waals surface area contributed by atoms with Crippen LogP contribution in [0.3, 0.4) is 0 Å². The van der Waals surface area contributed by atoms with Crippen LogP contribution in [-0.2, 0) is 0 Å². The third kappa shape index (κ3) is 2.98. The molecule has 1 aromatic carbocycles. The number of aromatic nitrogens is 1. The monoisotopic (exact) mass is 261 g/mol. The Kier molecular flexibility index (Phi) is 3.78. The Balaban J connectivity index is 2.32. The lowest BCUT2D eigenvalue weighted by atomic mass is 10.3. The van der Waals surface area contributed by atoms with E-state index in [1.807, 2.05) is 18.2 Å². The fourth-order valence-corrected chi connectivity index (χ4v) is 2.33. The van der Waals surface area contributed by atoms with E-state index in [2.05, 4.69) is 10.3 Å². The molecule has 92 valence electrons. The van der Waals surface area contributed by atoms with Crippen molar-refractivity contribution >= 4 is 23.1 Å². The number of anilines is 1. The first-order chi connectivity index (χ1) is 8.69. The summed E-state index contributed by atoms with van der Waals surface area (Å²) in [4.78, 5) is 16.2. The van der Waals surface area contributed by atoms with Gasteiger partial charge in [0.1, 0.15) is 0 Å². The van der Waals surface area contributed by atoms with Gasteiger partial charge >= 0.3 is 0 Å². The van der Waals surface area contributed by atoms with Crippen molar-refractivity contribution in [3.8, 4) is 0 Å². The van der Waals surface area contributed by atoms with Gasteiger partial charge in [-0.25, -0.2) is 0 Å². The number of hydrogen-bond acceptors (Lipinski definition) is 5. The van der Waals surface area contributed by atoms with E-state index in [1.165, 1.54) is 17.8 Å². The Hall–Kier alpha value is -2.08. The van der Waals surface area contributed by atoms with E-state index >= 15 is 0 Å². The fourth-order valence-electron chi connectivity index (χ4n) is 1.43. The molecule has 0 saturated carbocycles. The summed E-state index contributed by atoms with van der Waals surface area (Å²) in [5.74, 6) is 0. The van der Waals surface area contributed by atoms with Gasteiger partial charge in [-0.3, -0.25) is 15.1 Å². The molecule has 0 spiro atoms. The third-order valence-electron chi connectivity index (χ3n) is 2.28. The molecule has 0 atom stereocenters. The molecule has 1 aromatic heterocycles. The van der Waals surface area contributed by atoms with Gasteiger partial charge in [0.05, 0.1) is 4.92 Å². The van der Waals surface area contributed by atoms with Gasteiger partial charge in [-0.15, -0.1) is 0 Å². The summed E-state index contributed by atoms with van der Waals surface area (Å²) in [6, 6.07) is 8.67. The van der Waals surface area contributed by atoms with Gasteiger partial charge < -0.3 is 5.32 Å². The highest BCUT2D eigenvalue weighted by Crippen LogP contribution is 2.32. The van der Waals surface area contributed by atoms with Crippen LogP contribution in [0.5, 0.6) is 0 Å². The zero-order valence-electron chi connectivity index (χ0n) is 9.66. The largest absolute Gasteiger partial charge is 0.388 e. The highest BCUT2D eigenvalue weighted by Gasteiger charge is 2.10. The molecular weight excluding hydrogens is 250 g/mol. The second-order valence-electron chi connectivity index (χ2n) is 3.51. The lowest BCUT2D eigenvalue weighted by molar-refractivity contribution is -0.385. The minimum atomic E-state index is -0.391. The summed E-state index contributed by atoms with van der Waals surface area (Å²) in [5, 5.41) is 13.8. The zero-order chi connectivity index (χ0) is 13.0. The van der Waals surface area contributed by atoms with Crippen LogP contribution >= 0.6 is 11.8 Å². The molecule has 0 fully saturated rings. The molecule has 6 heteroatoms. The standard InChI is InChI=1S/C12H11N3O2S/c1-13-9-6-10(15(16)17)8-12(7-9)18-11-2-4-14-5-3-11/h2-8,13H,1H3. The van der Waals surface area contributed by atoms with E-state index in [0.29, 0.717) is 0 Å². The van der Waals surface area contributed by atoms with Crippen LogP contribution in [0.2, 0.25) is 0 Å². The molecule has 0 aliphatic heterocycles. The van der Waals surface area contributed by atoms with Gasteiger partial charge in [-0.05, 0) is 18.2 Å². The molecule has 5 nitrogen and oxygen atoms in total. The third-order valence-corrected chi connectivity index (χ3v) is 3.26. The summed E-state index contributed by atoms with van der Waals surface area (Å²) >= 11 is 1.46. The molecule has 1 N–H and O–H groups in total. The molecule has 2 rings (SSSR count). The van der Waals surface area contributed by atoms with E-state index in [9.17, 15) is 10.1 Å². The minimum Gasteiger partial charge on any atom is -0.388 e. The topological polar surface area (TPSA) is 68.1 Å². The van der Waals surface area contributed by atoms with Crippen molar-refractivity contribution in [2.45, 2.75) is 9.79 Å². The second kappa shape index (κ2) is 5.50. The zero-order valence-corrected chi connectivity index (χ0v) is 10.5. The molecule has 0 unspecified atom stereocenters. The van der Waals surface area contributed by atoms with Crippen molar-refractivity contribution in [2.75, 3.05) is 12.4 Å². The van der Waals surface area contributed by atoms with Crippen LogP contribution in [0.25, 0.3) is 0 Å². The summed E-state index contributed by atoms with van der Waals surface area (Å²) in [7, 11) is 1.74. The number of pyridine rings is 1. The first-order valence-corrected chi connectivity index (χ1v) is 6.06. The Morgan fingerprint density at radius 3 is 2.56 bits per heavy atom. The van der Waals surface area contributed by atoms with Crippen molar-refractivity contribution in [2.24, 2.45) is 0 Å². The first kappa shape index (κ1) is 12.4. The maximum absolute atomic E-state index is 10.8. The molecular formula is C12H11N3O2S. The first-order valence-electron chi connectivity index (χ1n) is 5.24. The smallest absolute Gasteiger partial charge is 0.272 e. The number of rotatable bonds is 4. The Labute approximate surface area is 108 Å². The number of nitrogens with zero attached hydrogens (tertiary/aromatic N) is 2. The maximum Gasteiger partial charge on any atom is 0.272 e. The molecule has 0 saturated heterocycles. The van der Waals surface area contributed by atoms with Crippen molar-refractivity contribution in [1.82, 2.24) is 4.98 Å². The van der Waals surface area contributed by atoms with E-state index < -0.39 is 4.92 Å². The molecule has 0 aliphatic carbocycles. The predicted octanol–water partition coefficient (Wildman–Crippen LogP) is 3.18. The summed E-state index contributed by atoms with van der Waals surface area (Å²) in [6.45, 7) is 0. The molecule has 1 heterocycles. The SMILES string of the molecule is CNc1cc(Sc2ccncc2)cc([N+](=O)[O-])c1. The molecule has 0 amide bonds. The Morgan fingerprint density at radius 1 is 1.22 bits per heavy atom. The second-order valence-corrected chi connectivity index (χ2v) is 4.65. The highest BCUT2D eigenvalue weighted by molar-refractivity contribution is 7.99. The van der Waals surface area contributed by atoms with Gasteiger partial charge in [-0.2, -0.15) is 0 Å². The van der Waals surface area contributed by atoms with Gasteiger partial charge in [0.15, 0.2) is 0 Å². The average Bonchev–Trinajstić information content (AvgIpc) is 2.39. The Bertz CT molecular complexity index is 561. The average molecular weight is 261 g/mol. The van der Waals surface area contributed by atoms with Gasteiger partial charge in [0.2, 0.25) is 0 Å². The normalized spacial score (nSPS) is 10.1. The Morgan fingerprint density at radius 2 is 1.94 bits per heavy atom. The van der Waals surface area contributed by atoms with E-state index in [1.54, 1.807) is 25.5 Å². The van der Waals surface area contributed by atoms with Crippen molar-refractivity contribution in [1.29, 1.82) is 0 Å². The van der Waals surface area contributed by atoms with Crippen LogP contribution < -0.4 is 5.32 Å². The summed E-state index contributed by atoms with van der Waals surface area (Å²) in [6.07, 6.45) is 3.39. The van der Waals surface area contributed by atoms with Crippen molar-refractivity contribution < 1.29 is 4.92 Å². The van der Waals surface area contributed by atoms with E-state index in [-0.39, 0.29) is 5.69 Å². The molecule has 0 radical (unpaired) electrons. The van der Waals surface area contributed by atoms with Crippen LogP contribution in [0.1, 0.15) is 0 Å². The molecule has 0 bridgehead atoms. The number of hydrogen-bond donors (Lipinski definition) is 1. The minimum absolute atomic E-state index is 0.0819. The molecule has 0 aliphatic rings. The lowest BCUT2D eigenvalue weighted by Crippen LogP contribution is -1.93. The fraction of sp³-hybridized carbons (Fsp3) is 0.0833. The highest BCUT2D eigenvalue weighted by atomic mass is 32.2. The predicted molar refractivity (Wildman–Crippen MR) is 71.0 cm³/mol. The van der Waals surface area contributed by atoms with Gasteiger partial charge in [0, 0.05) is 47.1 Å². The van der Waals surface area contributed by atoms with E-state index in [0.717, 1.165) is 15.5 Å².